The number of aromatic nitrogens is 1. The molecule has 1 aromatic carbocycles. The number of amides is 1. The zero-order chi connectivity index (χ0) is 20.7. The lowest BCUT2D eigenvalue weighted by Gasteiger charge is -2.15. The Morgan fingerprint density at radius 2 is 2.11 bits per heavy atom. The van der Waals surface area contributed by atoms with Crippen LogP contribution in [0.5, 0.6) is 0 Å². The largest absolute Gasteiger partial charge is 0.353 e. The van der Waals surface area contributed by atoms with Crippen molar-refractivity contribution in [1.82, 2.24) is 10.5 Å². The molecule has 28 heavy (non-hydrogen) atoms. The van der Waals surface area contributed by atoms with Gasteiger partial charge in [-0.3, -0.25) is 14.6 Å². The number of aliphatic imine (C=N–C) groups is 1. The van der Waals surface area contributed by atoms with E-state index in [2.05, 4.69) is 30.9 Å². The van der Waals surface area contributed by atoms with Crippen molar-refractivity contribution in [2.24, 2.45) is 4.99 Å². The van der Waals surface area contributed by atoms with Crippen LogP contribution in [-0.2, 0) is 4.84 Å². The average molecular weight is 407 g/mol. The van der Waals surface area contributed by atoms with Gasteiger partial charge < -0.3 is 16.0 Å². The topological polar surface area (TPSA) is 111 Å². The lowest BCUT2D eigenvalue weighted by atomic mass is 10.1. The van der Waals surface area contributed by atoms with Crippen LogP contribution < -0.4 is 16.1 Å². The average Bonchev–Trinajstić information content (AvgIpc) is 2.63. The van der Waals surface area contributed by atoms with Crippen molar-refractivity contribution in [3.8, 4) is 0 Å². The second kappa shape index (κ2) is 9.77. The van der Waals surface area contributed by atoms with Crippen molar-refractivity contribution < 1.29 is 14.0 Å². The molecule has 0 fully saturated rings. The highest BCUT2D eigenvalue weighted by atomic mass is 35.5. The molecule has 0 bridgehead atoms. The van der Waals surface area contributed by atoms with Gasteiger partial charge in [-0.05, 0) is 25.1 Å². The second-order valence-electron chi connectivity index (χ2n) is 5.75. The summed E-state index contributed by atoms with van der Waals surface area (Å²) in [5, 5.41) is 13.8. The van der Waals surface area contributed by atoms with Gasteiger partial charge in [0.05, 0.1) is 35.3 Å². The molecule has 0 saturated heterocycles. The van der Waals surface area contributed by atoms with E-state index in [4.69, 9.17) is 17.0 Å². The molecule has 2 aromatic rings. The number of rotatable bonds is 7. The van der Waals surface area contributed by atoms with E-state index in [0.29, 0.717) is 29.5 Å². The van der Waals surface area contributed by atoms with E-state index < -0.39 is 11.7 Å². The van der Waals surface area contributed by atoms with Gasteiger partial charge in [-0.1, -0.05) is 11.6 Å². The Morgan fingerprint density at radius 1 is 1.36 bits per heavy atom. The molecule has 2 rings (SSSR count). The Balaban J connectivity index is 2.33. The molecule has 148 valence electrons. The normalized spacial score (nSPS) is 11.1. The van der Waals surface area contributed by atoms with Crippen LogP contribution in [0.4, 0.5) is 21.6 Å². The number of nitrogens with zero attached hydrogens (tertiary/aromatic N) is 2. The van der Waals surface area contributed by atoms with Gasteiger partial charge in [-0.25, -0.2) is 14.9 Å². The molecular weight excluding hydrogens is 387 g/mol. The third-order valence-corrected chi connectivity index (χ3v) is 3.82. The van der Waals surface area contributed by atoms with Gasteiger partial charge in [-0.15, -0.1) is 0 Å². The van der Waals surface area contributed by atoms with Gasteiger partial charge in [0, 0.05) is 25.2 Å². The first-order valence-electron chi connectivity index (χ1n) is 8.16. The minimum atomic E-state index is -0.546. The summed E-state index contributed by atoms with van der Waals surface area (Å²) in [5.74, 6) is -0.0931. The van der Waals surface area contributed by atoms with E-state index in [9.17, 15) is 9.18 Å². The van der Waals surface area contributed by atoms with E-state index in [1.54, 1.807) is 20.0 Å². The van der Waals surface area contributed by atoms with E-state index in [1.165, 1.54) is 31.5 Å². The second-order valence-corrected chi connectivity index (χ2v) is 6.16. The number of anilines is 3. The predicted molar refractivity (Wildman–Crippen MR) is 108 cm³/mol. The summed E-state index contributed by atoms with van der Waals surface area (Å²) in [6.45, 7) is 1.67. The van der Waals surface area contributed by atoms with Crippen LogP contribution in [0.1, 0.15) is 23.7 Å². The number of carbonyl (C=O) groups excluding carboxylic acids is 1. The monoisotopic (exact) mass is 406 g/mol. The summed E-state index contributed by atoms with van der Waals surface area (Å²) in [4.78, 5) is 25.0. The highest BCUT2D eigenvalue weighted by molar-refractivity contribution is 6.33. The summed E-state index contributed by atoms with van der Waals surface area (Å²) >= 11 is 6.20. The molecular formula is C18H20ClFN6O2. The Morgan fingerprint density at radius 3 is 2.75 bits per heavy atom. The highest BCUT2D eigenvalue weighted by Gasteiger charge is 2.14. The van der Waals surface area contributed by atoms with Crippen molar-refractivity contribution in [3.05, 3.63) is 46.9 Å². The predicted octanol–water partition coefficient (Wildman–Crippen LogP) is 3.78. The number of carbonyl (C=O) groups is 1. The molecule has 0 saturated carbocycles. The van der Waals surface area contributed by atoms with Gasteiger partial charge in [0.25, 0.3) is 5.91 Å². The fraction of sp³-hybridized carbons (Fsp3) is 0.222. The lowest BCUT2D eigenvalue weighted by Crippen LogP contribution is -2.22. The van der Waals surface area contributed by atoms with Crippen LogP contribution in [0.2, 0.25) is 5.02 Å². The molecule has 0 radical (unpaired) electrons. The number of pyridine rings is 1. The molecule has 0 atom stereocenters. The fourth-order valence-corrected chi connectivity index (χ4v) is 2.44. The number of benzene rings is 1. The minimum Gasteiger partial charge on any atom is -0.353 e. The summed E-state index contributed by atoms with van der Waals surface area (Å²) in [7, 11) is 2.91. The van der Waals surface area contributed by atoms with Gasteiger partial charge in [0.1, 0.15) is 17.5 Å². The van der Waals surface area contributed by atoms with Gasteiger partial charge in [0.15, 0.2) is 0 Å². The Hall–Kier alpha value is -3.04. The maximum atomic E-state index is 13.7. The van der Waals surface area contributed by atoms with Crippen LogP contribution in [0.3, 0.4) is 0 Å². The maximum Gasteiger partial charge on any atom is 0.276 e. The van der Waals surface area contributed by atoms with Crippen molar-refractivity contribution in [3.63, 3.8) is 0 Å². The van der Waals surface area contributed by atoms with Crippen molar-refractivity contribution in [2.45, 2.75) is 13.3 Å². The number of nitrogens with one attached hydrogen (secondary N) is 4. The molecule has 1 amide bonds. The van der Waals surface area contributed by atoms with Crippen LogP contribution in [0, 0.1) is 11.2 Å². The zero-order valence-electron chi connectivity index (χ0n) is 15.6. The molecule has 0 spiro atoms. The zero-order valence-corrected chi connectivity index (χ0v) is 16.3. The number of hydrogen-bond acceptors (Lipinski definition) is 6. The maximum absolute atomic E-state index is 13.7. The van der Waals surface area contributed by atoms with Crippen molar-refractivity contribution in [2.75, 3.05) is 24.8 Å². The lowest BCUT2D eigenvalue weighted by molar-refractivity contribution is 0.0538. The number of hydroxylamine groups is 1. The summed E-state index contributed by atoms with van der Waals surface area (Å²) in [6, 6.07) is 5.26. The molecule has 0 unspecified atom stereocenters. The van der Waals surface area contributed by atoms with Gasteiger partial charge in [-0.2, -0.15) is 0 Å². The number of hydrogen-bond donors (Lipinski definition) is 4. The molecule has 0 aliphatic carbocycles. The Kier molecular flexibility index (Phi) is 7.42. The van der Waals surface area contributed by atoms with E-state index in [1.807, 2.05) is 0 Å². The van der Waals surface area contributed by atoms with Gasteiger partial charge in [0.2, 0.25) is 0 Å². The van der Waals surface area contributed by atoms with Crippen molar-refractivity contribution >= 4 is 46.2 Å². The first-order chi connectivity index (χ1) is 13.3. The molecule has 0 aliphatic heterocycles. The third kappa shape index (κ3) is 5.73. The van der Waals surface area contributed by atoms with Crippen LogP contribution in [0.25, 0.3) is 0 Å². The van der Waals surface area contributed by atoms with Crippen molar-refractivity contribution in [1.29, 1.82) is 5.41 Å². The minimum absolute atomic E-state index is 0.167. The molecule has 1 heterocycles. The van der Waals surface area contributed by atoms with E-state index in [-0.39, 0.29) is 16.3 Å². The van der Waals surface area contributed by atoms with Crippen LogP contribution in [0.15, 0.2) is 35.5 Å². The Bertz CT molecular complexity index is 919. The SMILES string of the molecule is CN=C(CC(C)=N)Nc1cc(Nc2cc(F)ccc2C(=O)NOC)c(Cl)cn1. The molecule has 4 N–H and O–H groups in total. The summed E-state index contributed by atoms with van der Waals surface area (Å²) in [6.07, 6.45) is 1.75. The first-order valence-corrected chi connectivity index (χ1v) is 8.54. The highest BCUT2D eigenvalue weighted by Crippen LogP contribution is 2.29. The third-order valence-electron chi connectivity index (χ3n) is 3.52. The number of halogens is 2. The molecule has 0 aliphatic rings. The van der Waals surface area contributed by atoms with Gasteiger partial charge >= 0.3 is 0 Å². The number of amidine groups is 1. The molecule has 1 aromatic heterocycles. The van der Waals surface area contributed by atoms with E-state index in [0.717, 1.165) is 0 Å². The quantitative estimate of drug-likeness (QED) is 0.317. The van der Waals surface area contributed by atoms with Crippen LogP contribution in [-0.4, -0.2) is 36.6 Å². The summed E-state index contributed by atoms with van der Waals surface area (Å²) in [5.41, 5.74) is 3.40. The fourth-order valence-electron chi connectivity index (χ4n) is 2.29. The smallest absolute Gasteiger partial charge is 0.276 e. The molecule has 10 heteroatoms. The Labute approximate surface area is 166 Å². The standard InChI is InChI=1S/C18H20ClFN6O2/c1-10(21)6-16(22-2)25-17-8-15(13(19)9-23-17)24-14-7-11(20)4-5-12(14)18(27)26-28-3/h4-5,7-9,21H,6H2,1-3H3,(H,26,27)(H2,22,23,24,25). The van der Waals surface area contributed by atoms with Crippen LogP contribution >= 0.6 is 11.6 Å². The molecule has 8 nitrogen and oxygen atoms in total. The summed E-state index contributed by atoms with van der Waals surface area (Å²) < 4.78 is 13.7. The first kappa shape index (κ1) is 21.3. The van der Waals surface area contributed by atoms with E-state index >= 15 is 0 Å².